The molecule has 0 spiro atoms. The summed E-state index contributed by atoms with van der Waals surface area (Å²) in [5.74, 6) is -0.160. The van der Waals surface area contributed by atoms with Crippen LogP contribution in [-0.4, -0.2) is 23.2 Å². The van der Waals surface area contributed by atoms with Crippen molar-refractivity contribution in [2.75, 3.05) is 6.54 Å². The lowest BCUT2D eigenvalue weighted by Crippen LogP contribution is -2.39. The van der Waals surface area contributed by atoms with Crippen molar-refractivity contribution < 1.29 is 9.90 Å². The molecule has 3 heteroatoms. The minimum Gasteiger partial charge on any atom is -0.388 e. The van der Waals surface area contributed by atoms with Crippen molar-refractivity contribution in [1.29, 1.82) is 0 Å². The second kappa shape index (κ2) is 12.8. The zero-order valence-electron chi connectivity index (χ0n) is 14.0. The summed E-state index contributed by atoms with van der Waals surface area (Å²) < 4.78 is 0. The maximum absolute atomic E-state index is 11.5. The van der Waals surface area contributed by atoms with Crippen LogP contribution in [0.15, 0.2) is 60.8 Å². The lowest BCUT2D eigenvalue weighted by atomic mass is 10.0. The van der Waals surface area contributed by atoms with Crippen LogP contribution < -0.4 is 5.32 Å². The van der Waals surface area contributed by atoms with Crippen molar-refractivity contribution >= 4 is 5.91 Å². The fourth-order valence-electron chi connectivity index (χ4n) is 1.39. The van der Waals surface area contributed by atoms with Gasteiger partial charge in [0.1, 0.15) is 0 Å². The molecule has 0 fully saturated rings. The molecule has 0 rings (SSSR count). The van der Waals surface area contributed by atoms with Crippen LogP contribution in [0.4, 0.5) is 0 Å². The molecule has 1 amide bonds. The van der Waals surface area contributed by atoms with Gasteiger partial charge in [0, 0.05) is 6.54 Å². The van der Waals surface area contributed by atoms with E-state index in [1.54, 1.807) is 6.92 Å². The predicted molar refractivity (Wildman–Crippen MR) is 94.5 cm³/mol. The zero-order chi connectivity index (χ0) is 16.7. The highest BCUT2D eigenvalue weighted by atomic mass is 16.3. The van der Waals surface area contributed by atoms with Gasteiger partial charge in [0.05, 0.1) is 5.60 Å². The van der Waals surface area contributed by atoms with E-state index in [2.05, 4.69) is 11.4 Å². The van der Waals surface area contributed by atoms with E-state index in [1.807, 2.05) is 62.5 Å². The second-order valence-electron chi connectivity index (χ2n) is 5.27. The highest BCUT2D eigenvalue weighted by molar-refractivity contribution is 5.87. The molecule has 0 aromatic heterocycles. The molecule has 0 saturated heterocycles. The summed E-state index contributed by atoms with van der Waals surface area (Å²) in [5.41, 5.74) is -0.833. The lowest BCUT2D eigenvalue weighted by molar-refractivity contribution is -0.117. The van der Waals surface area contributed by atoms with E-state index < -0.39 is 5.60 Å². The monoisotopic (exact) mass is 303 g/mol. The smallest absolute Gasteiger partial charge is 0.243 e. The van der Waals surface area contributed by atoms with Crippen molar-refractivity contribution in [2.45, 2.75) is 45.6 Å². The fraction of sp³-hybridized carbons (Fsp3) is 0.421. The molecule has 0 saturated carbocycles. The number of hydrogen-bond donors (Lipinski definition) is 2. The summed E-state index contributed by atoms with van der Waals surface area (Å²) in [5, 5.41) is 12.5. The highest BCUT2D eigenvalue weighted by Gasteiger charge is 2.17. The number of unbranched alkanes of at least 4 members (excludes halogenated alkanes) is 1. The molecule has 3 nitrogen and oxygen atoms in total. The zero-order valence-corrected chi connectivity index (χ0v) is 14.0. The van der Waals surface area contributed by atoms with E-state index in [-0.39, 0.29) is 12.5 Å². The molecule has 0 aromatic carbocycles. The summed E-state index contributed by atoms with van der Waals surface area (Å²) in [7, 11) is 0. The molecule has 0 bridgehead atoms. The number of allylic oxidation sites excluding steroid dienone is 9. The van der Waals surface area contributed by atoms with Crippen LogP contribution in [-0.2, 0) is 4.79 Å². The Labute approximate surface area is 134 Å². The Morgan fingerprint density at radius 2 is 1.64 bits per heavy atom. The Morgan fingerprint density at radius 1 is 1.05 bits per heavy atom. The van der Waals surface area contributed by atoms with Gasteiger partial charge in [-0.2, -0.15) is 0 Å². The van der Waals surface area contributed by atoms with Crippen LogP contribution in [0.3, 0.4) is 0 Å². The van der Waals surface area contributed by atoms with Crippen LogP contribution in [0.5, 0.6) is 0 Å². The van der Waals surface area contributed by atoms with Crippen LogP contribution in [0, 0.1) is 0 Å². The number of rotatable bonds is 10. The fourth-order valence-corrected chi connectivity index (χ4v) is 1.39. The number of hydrogen-bond acceptors (Lipinski definition) is 2. The number of amides is 1. The molecule has 2 N–H and O–H groups in total. The molecule has 0 heterocycles. The van der Waals surface area contributed by atoms with Gasteiger partial charge in [-0.1, -0.05) is 61.6 Å². The Kier molecular flexibility index (Phi) is 11.7. The SMILES string of the molecule is CC=CC=CC=CC=CCCC=CC(=O)NCC(C)(O)CC. The molecular weight excluding hydrogens is 274 g/mol. The lowest BCUT2D eigenvalue weighted by Gasteiger charge is -2.20. The molecule has 22 heavy (non-hydrogen) atoms. The minimum absolute atomic E-state index is 0.160. The van der Waals surface area contributed by atoms with Crippen molar-refractivity contribution in [3.05, 3.63) is 60.8 Å². The van der Waals surface area contributed by atoms with Gasteiger partial charge in [-0.05, 0) is 39.2 Å². The minimum atomic E-state index is -0.833. The van der Waals surface area contributed by atoms with Gasteiger partial charge in [-0.3, -0.25) is 4.79 Å². The van der Waals surface area contributed by atoms with E-state index in [0.717, 1.165) is 12.8 Å². The van der Waals surface area contributed by atoms with Gasteiger partial charge < -0.3 is 10.4 Å². The average Bonchev–Trinajstić information content (AvgIpc) is 2.50. The molecule has 0 aliphatic heterocycles. The first-order chi connectivity index (χ1) is 10.5. The first kappa shape index (κ1) is 20.1. The van der Waals surface area contributed by atoms with E-state index in [1.165, 1.54) is 6.08 Å². The molecule has 122 valence electrons. The Bertz CT molecular complexity index is 440. The summed E-state index contributed by atoms with van der Waals surface area (Å²) in [4.78, 5) is 11.5. The summed E-state index contributed by atoms with van der Waals surface area (Å²) in [6.07, 6.45) is 21.6. The van der Waals surface area contributed by atoms with Crippen molar-refractivity contribution in [2.24, 2.45) is 0 Å². The van der Waals surface area contributed by atoms with Gasteiger partial charge in [-0.15, -0.1) is 0 Å². The summed E-state index contributed by atoms with van der Waals surface area (Å²) >= 11 is 0. The van der Waals surface area contributed by atoms with Crippen LogP contribution in [0.25, 0.3) is 0 Å². The molecular formula is C19H29NO2. The third-order valence-corrected chi connectivity index (χ3v) is 3.06. The van der Waals surface area contributed by atoms with Crippen molar-refractivity contribution in [1.82, 2.24) is 5.32 Å². The topological polar surface area (TPSA) is 49.3 Å². The molecule has 1 unspecified atom stereocenters. The van der Waals surface area contributed by atoms with Gasteiger partial charge in [0.25, 0.3) is 0 Å². The van der Waals surface area contributed by atoms with Gasteiger partial charge in [0.15, 0.2) is 0 Å². The number of carbonyl (C=O) groups is 1. The standard InChI is InChI=1S/C19H29NO2/c1-4-6-7-8-9-10-11-12-13-14-15-16-18(21)20-17-19(3,22)5-2/h4,6-12,15-16,22H,5,13-14,17H2,1-3H3,(H,20,21). The number of nitrogens with one attached hydrogen (secondary N) is 1. The average molecular weight is 303 g/mol. The van der Waals surface area contributed by atoms with Crippen LogP contribution in [0.2, 0.25) is 0 Å². The van der Waals surface area contributed by atoms with Crippen LogP contribution in [0.1, 0.15) is 40.0 Å². The Balaban J connectivity index is 3.80. The highest BCUT2D eigenvalue weighted by Crippen LogP contribution is 2.05. The number of carbonyl (C=O) groups excluding carboxylic acids is 1. The third kappa shape index (κ3) is 13.1. The Hall–Kier alpha value is -1.87. The largest absolute Gasteiger partial charge is 0.388 e. The van der Waals surface area contributed by atoms with Gasteiger partial charge in [0.2, 0.25) is 5.91 Å². The number of aliphatic hydroxyl groups is 1. The molecule has 0 aliphatic carbocycles. The van der Waals surface area contributed by atoms with Crippen molar-refractivity contribution in [3.8, 4) is 0 Å². The first-order valence-corrected chi connectivity index (χ1v) is 7.79. The summed E-state index contributed by atoms with van der Waals surface area (Å²) in [6, 6.07) is 0. The van der Waals surface area contributed by atoms with Gasteiger partial charge >= 0.3 is 0 Å². The van der Waals surface area contributed by atoms with E-state index in [9.17, 15) is 9.90 Å². The van der Waals surface area contributed by atoms with E-state index in [4.69, 9.17) is 0 Å². The van der Waals surface area contributed by atoms with Gasteiger partial charge in [-0.25, -0.2) is 0 Å². The summed E-state index contributed by atoms with van der Waals surface area (Å²) in [6.45, 7) is 5.86. The van der Waals surface area contributed by atoms with Crippen LogP contribution >= 0.6 is 0 Å². The quantitative estimate of drug-likeness (QED) is 0.366. The second-order valence-corrected chi connectivity index (χ2v) is 5.27. The van der Waals surface area contributed by atoms with Crippen molar-refractivity contribution in [3.63, 3.8) is 0 Å². The molecule has 0 radical (unpaired) electrons. The normalized spacial score (nSPS) is 15.6. The molecule has 1 atom stereocenters. The van der Waals surface area contributed by atoms with E-state index in [0.29, 0.717) is 6.42 Å². The Morgan fingerprint density at radius 3 is 2.27 bits per heavy atom. The molecule has 0 aromatic rings. The maximum atomic E-state index is 11.5. The van der Waals surface area contributed by atoms with E-state index >= 15 is 0 Å². The predicted octanol–water partition coefficient (Wildman–Crippen LogP) is 3.84. The maximum Gasteiger partial charge on any atom is 0.243 e. The third-order valence-electron chi connectivity index (χ3n) is 3.06. The first-order valence-electron chi connectivity index (χ1n) is 7.79. The molecule has 0 aliphatic rings.